The highest BCUT2D eigenvalue weighted by Gasteiger charge is 2.07. The molecule has 1 heterocycles. The van der Waals surface area contributed by atoms with Crippen LogP contribution in [0.25, 0.3) is 0 Å². The van der Waals surface area contributed by atoms with Gasteiger partial charge in [-0.05, 0) is 41.3 Å². The third kappa shape index (κ3) is 4.57. The lowest BCUT2D eigenvalue weighted by Gasteiger charge is -2.10. The summed E-state index contributed by atoms with van der Waals surface area (Å²) in [5.41, 5.74) is 1.55. The summed E-state index contributed by atoms with van der Waals surface area (Å²) >= 11 is 7.74. The number of hydrogen-bond acceptors (Lipinski definition) is 3. The van der Waals surface area contributed by atoms with Gasteiger partial charge in [0.25, 0.3) is 0 Å². The van der Waals surface area contributed by atoms with E-state index in [0.29, 0.717) is 16.3 Å². The molecule has 2 aromatic carbocycles. The van der Waals surface area contributed by atoms with E-state index >= 15 is 0 Å². The molecule has 0 bridgehead atoms. The molecular formula is C19H17ClFNOS. The fourth-order valence-electron chi connectivity index (χ4n) is 2.27. The van der Waals surface area contributed by atoms with Crippen LogP contribution in [-0.4, -0.2) is 0 Å². The minimum atomic E-state index is -0.350. The summed E-state index contributed by atoms with van der Waals surface area (Å²) in [6, 6.07) is 16.6. The maximum Gasteiger partial charge on any atom is 0.131 e. The van der Waals surface area contributed by atoms with E-state index < -0.39 is 0 Å². The lowest BCUT2D eigenvalue weighted by molar-refractivity contribution is 0.300. The Morgan fingerprint density at radius 2 is 1.83 bits per heavy atom. The van der Waals surface area contributed by atoms with Gasteiger partial charge in [-0.3, -0.25) is 0 Å². The fraction of sp³-hybridized carbons (Fsp3) is 0.158. The monoisotopic (exact) mass is 361 g/mol. The maximum atomic E-state index is 13.7. The summed E-state index contributed by atoms with van der Waals surface area (Å²) < 4.78 is 19.3. The van der Waals surface area contributed by atoms with Gasteiger partial charge in [0.1, 0.15) is 18.2 Å². The van der Waals surface area contributed by atoms with Crippen LogP contribution in [0.15, 0.2) is 60.0 Å². The largest absolute Gasteiger partial charge is 0.489 e. The summed E-state index contributed by atoms with van der Waals surface area (Å²) in [5, 5.41) is 5.85. The highest BCUT2D eigenvalue weighted by molar-refractivity contribution is 7.09. The number of halogens is 2. The summed E-state index contributed by atoms with van der Waals surface area (Å²) in [6.07, 6.45) is 0. The van der Waals surface area contributed by atoms with Gasteiger partial charge < -0.3 is 10.1 Å². The minimum Gasteiger partial charge on any atom is -0.489 e. The predicted octanol–water partition coefficient (Wildman–Crippen LogP) is 5.41. The molecule has 0 radical (unpaired) electrons. The van der Waals surface area contributed by atoms with Crippen LogP contribution >= 0.6 is 22.9 Å². The van der Waals surface area contributed by atoms with E-state index in [2.05, 4.69) is 22.8 Å². The van der Waals surface area contributed by atoms with Crippen LogP contribution in [0.1, 0.15) is 16.0 Å². The van der Waals surface area contributed by atoms with Crippen LogP contribution < -0.4 is 10.1 Å². The van der Waals surface area contributed by atoms with Crippen LogP contribution in [0.4, 0.5) is 4.39 Å². The standard InChI is InChI=1S/C19H17ClFNOS/c20-18-4-1-5-19(21)17(18)13-23-15-8-6-14(7-9-15)11-22-12-16-3-2-10-24-16/h1-10,22H,11-13H2. The molecule has 0 aliphatic heterocycles. The van der Waals surface area contributed by atoms with Crippen molar-refractivity contribution in [3.05, 3.63) is 86.8 Å². The third-order valence-electron chi connectivity index (χ3n) is 3.58. The molecule has 0 aliphatic carbocycles. The number of benzene rings is 2. The van der Waals surface area contributed by atoms with Crippen LogP contribution in [0.2, 0.25) is 5.02 Å². The molecule has 0 saturated carbocycles. The first kappa shape index (κ1) is 17.0. The number of hydrogen-bond donors (Lipinski definition) is 1. The van der Waals surface area contributed by atoms with Crippen LogP contribution in [0.5, 0.6) is 5.75 Å². The average molecular weight is 362 g/mol. The molecular weight excluding hydrogens is 345 g/mol. The van der Waals surface area contributed by atoms with Crippen LogP contribution in [0.3, 0.4) is 0 Å². The molecule has 0 saturated heterocycles. The van der Waals surface area contributed by atoms with Gasteiger partial charge in [0.05, 0.1) is 5.02 Å². The van der Waals surface area contributed by atoms with Crippen molar-refractivity contribution in [3.63, 3.8) is 0 Å². The Kier molecular flexibility index (Phi) is 5.86. The van der Waals surface area contributed by atoms with Crippen molar-refractivity contribution in [2.75, 3.05) is 0 Å². The second-order valence-corrected chi connectivity index (χ2v) is 6.76. The normalized spacial score (nSPS) is 10.8. The van der Waals surface area contributed by atoms with Gasteiger partial charge in [-0.25, -0.2) is 4.39 Å². The Hall–Kier alpha value is -1.88. The summed E-state index contributed by atoms with van der Waals surface area (Å²) in [5.74, 6) is 0.341. The van der Waals surface area contributed by atoms with Gasteiger partial charge >= 0.3 is 0 Å². The maximum absolute atomic E-state index is 13.7. The van der Waals surface area contributed by atoms with Crippen molar-refractivity contribution in [2.24, 2.45) is 0 Å². The Bertz CT molecular complexity index is 754. The topological polar surface area (TPSA) is 21.3 Å². The molecule has 0 atom stereocenters. The second kappa shape index (κ2) is 8.29. The van der Waals surface area contributed by atoms with E-state index in [1.54, 1.807) is 23.5 Å². The molecule has 0 spiro atoms. The lowest BCUT2D eigenvalue weighted by Crippen LogP contribution is -2.11. The Labute approximate surface area is 149 Å². The zero-order valence-corrected chi connectivity index (χ0v) is 14.5. The number of nitrogens with one attached hydrogen (secondary N) is 1. The van der Waals surface area contributed by atoms with Crippen molar-refractivity contribution in [2.45, 2.75) is 19.7 Å². The lowest BCUT2D eigenvalue weighted by atomic mass is 10.2. The summed E-state index contributed by atoms with van der Waals surface area (Å²) in [6.45, 7) is 1.76. The number of thiophene rings is 1. The first-order valence-corrected chi connectivity index (χ1v) is 8.86. The average Bonchev–Trinajstić information content (AvgIpc) is 3.09. The predicted molar refractivity (Wildman–Crippen MR) is 97.0 cm³/mol. The number of ether oxygens (including phenoxy) is 1. The van der Waals surface area contributed by atoms with E-state index in [4.69, 9.17) is 16.3 Å². The van der Waals surface area contributed by atoms with Gasteiger partial charge in [0.2, 0.25) is 0 Å². The van der Waals surface area contributed by atoms with Crippen LogP contribution in [0, 0.1) is 5.82 Å². The molecule has 5 heteroatoms. The van der Waals surface area contributed by atoms with Crippen LogP contribution in [-0.2, 0) is 19.7 Å². The molecule has 2 nitrogen and oxygen atoms in total. The molecule has 1 N–H and O–H groups in total. The SMILES string of the molecule is Fc1cccc(Cl)c1COc1ccc(CNCc2cccs2)cc1. The van der Waals surface area contributed by atoms with Crippen molar-refractivity contribution in [1.29, 1.82) is 0 Å². The van der Waals surface area contributed by atoms with E-state index in [1.165, 1.54) is 16.5 Å². The molecule has 0 aliphatic rings. The first-order chi connectivity index (χ1) is 11.7. The van der Waals surface area contributed by atoms with Gasteiger partial charge in [0.15, 0.2) is 0 Å². The highest BCUT2D eigenvalue weighted by atomic mass is 35.5. The number of rotatable bonds is 7. The summed E-state index contributed by atoms with van der Waals surface area (Å²) in [4.78, 5) is 1.32. The zero-order valence-electron chi connectivity index (χ0n) is 13.0. The first-order valence-electron chi connectivity index (χ1n) is 7.60. The Morgan fingerprint density at radius 3 is 2.54 bits per heavy atom. The van der Waals surface area contributed by atoms with Gasteiger partial charge in [-0.2, -0.15) is 0 Å². The van der Waals surface area contributed by atoms with Crippen molar-refractivity contribution in [3.8, 4) is 5.75 Å². The molecule has 3 rings (SSSR count). The Morgan fingerprint density at radius 1 is 1.00 bits per heavy atom. The molecule has 0 fully saturated rings. The molecule has 124 valence electrons. The smallest absolute Gasteiger partial charge is 0.131 e. The van der Waals surface area contributed by atoms with E-state index in [0.717, 1.165) is 13.1 Å². The van der Waals surface area contributed by atoms with E-state index in [9.17, 15) is 4.39 Å². The van der Waals surface area contributed by atoms with Crippen molar-refractivity contribution in [1.82, 2.24) is 5.32 Å². The molecule has 1 aromatic heterocycles. The zero-order chi connectivity index (χ0) is 16.8. The second-order valence-electron chi connectivity index (χ2n) is 5.32. The fourth-order valence-corrected chi connectivity index (χ4v) is 3.16. The summed E-state index contributed by atoms with van der Waals surface area (Å²) in [7, 11) is 0. The highest BCUT2D eigenvalue weighted by Crippen LogP contribution is 2.21. The molecule has 24 heavy (non-hydrogen) atoms. The quantitative estimate of drug-likeness (QED) is 0.607. The van der Waals surface area contributed by atoms with E-state index in [1.807, 2.05) is 24.3 Å². The van der Waals surface area contributed by atoms with Crippen molar-refractivity contribution >= 4 is 22.9 Å². The van der Waals surface area contributed by atoms with Gasteiger partial charge in [-0.1, -0.05) is 35.9 Å². The minimum absolute atomic E-state index is 0.113. The van der Waals surface area contributed by atoms with Crippen molar-refractivity contribution < 1.29 is 9.13 Å². The molecule has 0 unspecified atom stereocenters. The van der Waals surface area contributed by atoms with E-state index in [-0.39, 0.29) is 12.4 Å². The third-order valence-corrected chi connectivity index (χ3v) is 4.81. The molecule has 3 aromatic rings. The van der Waals surface area contributed by atoms with Gasteiger partial charge in [-0.15, -0.1) is 11.3 Å². The molecule has 0 amide bonds. The Balaban J connectivity index is 1.51. The van der Waals surface area contributed by atoms with Gasteiger partial charge in [0, 0.05) is 23.5 Å².